The lowest BCUT2D eigenvalue weighted by Crippen LogP contribution is -1.69. The van der Waals surface area contributed by atoms with Gasteiger partial charge in [0.2, 0.25) is 0 Å². The van der Waals surface area contributed by atoms with E-state index in [0.29, 0.717) is 9.19 Å². The van der Waals surface area contributed by atoms with E-state index in [2.05, 4.69) is 18.0 Å². The summed E-state index contributed by atoms with van der Waals surface area (Å²) in [4.78, 5) is 0. The predicted molar refractivity (Wildman–Crippen MR) is 32.8 cm³/mol. The maximum absolute atomic E-state index is 2.77. The number of rotatable bonds is 1. The molecule has 0 saturated carbocycles. The molecule has 0 saturated heterocycles. The SMILES string of the molecule is PC[SiH2]P. The Morgan fingerprint density at radius 1 is 1.75 bits per heavy atom. The van der Waals surface area contributed by atoms with Gasteiger partial charge in [0.05, 0.1) is 0 Å². The summed E-state index contributed by atoms with van der Waals surface area (Å²) in [5.41, 5.74) is 0. The first-order valence-corrected chi connectivity index (χ1v) is 6.40. The number of hydrogen-bond donors (Lipinski definition) is 0. The predicted octanol–water partition coefficient (Wildman–Crippen LogP) is -0.222. The van der Waals surface area contributed by atoms with Crippen molar-refractivity contribution in [2.24, 2.45) is 0 Å². The van der Waals surface area contributed by atoms with Crippen LogP contribution in [0, 0.1) is 0 Å². The molecular formula is CH8P2Si. The van der Waals surface area contributed by atoms with Crippen LogP contribution in [0.2, 0.25) is 0 Å². The minimum Gasteiger partial charge on any atom is -0.155 e. The molecule has 0 radical (unpaired) electrons. The standard InChI is InChI=1S/CH8P2Si/c2-1-4-3/h1-4H2. The molecule has 0 aliphatic carbocycles. The largest absolute Gasteiger partial charge is 0.155 e. The summed E-state index contributed by atoms with van der Waals surface area (Å²) in [6.07, 6.45) is 0. The third-order valence-electron chi connectivity index (χ3n) is 0.167. The highest BCUT2D eigenvalue weighted by molar-refractivity contribution is 7.58. The fourth-order valence-electron chi connectivity index (χ4n) is 0. The number of hydrogen-bond acceptors (Lipinski definition) is 0. The first-order valence-electron chi connectivity index (χ1n) is 1.32. The van der Waals surface area contributed by atoms with Crippen LogP contribution < -0.4 is 0 Å². The molecule has 0 spiro atoms. The van der Waals surface area contributed by atoms with Gasteiger partial charge in [-0.2, -0.15) is 8.79 Å². The molecule has 3 heteroatoms. The van der Waals surface area contributed by atoms with Gasteiger partial charge in [0.25, 0.3) is 0 Å². The van der Waals surface area contributed by atoms with E-state index in [-0.39, 0.29) is 0 Å². The molecule has 0 rings (SSSR count). The summed E-state index contributed by atoms with van der Waals surface area (Å²) in [7, 11) is 5.77. The van der Waals surface area contributed by atoms with Crippen LogP contribution in [0.1, 0.15) is 0 Å². The summed E-state index contributed by atoms with van der Waals surface area (Å²) < 4.78 is 0. The van der Waals surface area contributed by atoms with Gasteiger partial charge in [0.1, 0.15) is 0 Å². The van der Waals surface area contributed by atoms with Crippen molar-refractivity contribution in [1.29, 1.82) is 0 Å². The first-order chi connectivity index (χ1) is 1.91. The van der Waals surface area contributed by atoms with Crippen molar-refractivity contribution in [3.8, 4) is 0 Å². The Bertz CT molecular complexity index is 8.00. The molecule has 0 aromatic heterocycles. The zero-order valence-corrected chi connectivity index (χ0v) is 6.29. The second kappa shape index (κ2) is 4.08. The van der Waals surface area contributed by atoms with Crippen LogP contribution in [-0.4, -0.2) is 15.0 Å². The molecule has 2 atom stereocenters. The molecule has 0 aliphatic heterocycles. The second-order valence-electron chi connectivity index (χ2n) is 0.577. The van der Waals surface area contributed by atoms with Gasteiger partial charge in [-0.15, -0.1) is 9.24 Å². The highest BCUT2D eigenvalue weighted by Crippen LogP contribution is 1.79. The molecule has 26 valence electrons. The summed E-state index contributed by atoms with van der Waals surface area (Å²) in [5.74, 6) is 1.34. The molecule has 0 heterocycles. The van der Waals surface area contributed by atoms with E-state index >= 15 is 0 Å². The van der Waals surface area contributed by atoms with E-state index < -0.39 is 0 Å². The average molecular weight is 110 g/mol. The maximum atomic E-state index is 2.77. The molecule has 0 nitrogen and oxygen atoms in total. The van der Waals surface area contributed by atoms with Gasteiger partial charge in [-0.3, -0.25) is 0 Å². The van der Waals surface area contributed by atoms with Crippen molar-refractivity contribution >= 4 is 27.2 Å². The zero-order valence-electron chi connectivity index (χ0n) is 2.57. The van der Waals surface area contributed by atoms with E-state index in [1.165, 1.54) is 5.79 Å². The Hall–Kier alpha value is 1.08. The minimum atomic E-state index is 0.304. The Labute approximate surface area is 33.8 Å². The van der Waals surface area contributed by atoms with Crippen LogP contribution in [0.25, 0.3) is 0 Å². The average Bonchev–Trinajstić information content (AvgIpc) is 1.37. The lowest BCUT2D eigenvalue weighted by atomic mass is 11.9. The van der Waals surface area contributed by atoms with Crippen molar-refractivity contribution in [2.75, 3.05) is 5.79 Å². The molecule has 0 aliphatic rings. The third-order valence-corrected chi connectivity index (χ3v) is 4.50. The maximum Gasteiger partial charge on any atom is 0.0453 e. The topological polar surface area (TPSA) is 0 Å². The quantitative estimate of drug-likeness (QED) is 0.323. The Balaban J connectivity index is 1.97. The smallest absolute Gasteiger partial charge is 0.0453 e. The second-order valence-corrected chi connectivity index (χ2v) is 5.20. The van der Waals surface area contributed by atoms with Crippen molar-refractivity contribution in [3.05, 3.63) is 0 Å². The first kappa shape index (κ1) is 5.08. The summed E-state index contributed by atoms with van der Waals surface area (Å²) in [6.45, 7) is 0. The van der Waals surface area contributed by atoms with Gasteiger partial charge < -0.3 is 0 Å². The molecule has 0 bridgehead atoms. The van der Waals surface area contributed by atoms with Crippen LogP contribution in [0.15, 0.2) is 0 Å². The molecule has 0 aromatic carbocycles. The van der Waals surface area contributed by atoms with Crippen LogP contribution in [0.3, 0.4) is 0 Å². The van der Waals surface area contributed by atoms with Gasteiger partial charge in [-0.05, 0) is 5.79 Å². The Morgan fingerprint density at radius 3 is 2.00 bits per heavy atom. The van der Waals surface area contributed by atoms with Gasteiger partial charge in [-0.25, -0.2) is 0 Å². The molecule has 0 aromatic rings. The molecule has 0 N–H and O–H groups in total. The van der Waals surface area contributed by atoms with E-state index in [1.54, 1.807) is 0 Å². The van der Waals surface area contributed by atoms with Crippen LogP contribution in [0.4, 0.5) is 0 Å². The normalized spacial score (nSPS) is 10.5. The summed E-state index contributed by atoms with van der Waals surface area (Å²) >= 11 is 0. The van der Waals surface area contributed by atoms with Gasteiger partial charge in [0, 0.05) is 9.19 Å². The van der Waals surface area contributed by atoms with Crippen LogP contribution >= 0.6 is 18.0 Å². The van der Waals surface area contributed by atoms with Crippen LogP contribution in [0.5, 0.6) is 0 Å². The van der Waals surface area contributed by atoms with E-state index in [0.717, 1.165) is 0 Å². The molecule has 0 amide bonds. The highest BCUT2D eigenvalue weighted by Gasteiger charge is 1.58. The molecule has 2 unspecified atom stereocenters. The lowest BCUT2D eigenvalue weighted by molar-refractivity contribution is 2.24. The fourth-order valence-corrected chi connectivity index (χ4v) is 0. The van der Waals surface area contributed by atoms with Gasteiger partial charge >= 0.3 is 0 Å². The Morgan fingerprint density at radius 2 is 2.00 bits per heavy atom. The zero-order chi connectivity index (χ0) is 3.41. The Kier molecular flexibility index (Phi) is 5.17. The van der Waals surface area contributed by atoms with Gasteiger partial charge in [-0.1, -0.05) is 0 Å². The third kappa shape index (κ3) is 3.08. The molecule has 4 heavy (non-hydrogen) atoms. The van der Waals surface area contributed by atoms with Crippen LogP contribution in [-0.2, 0) is 0 Å². The van der Waals surface area contributed by atoms with E-state index in [1.807, 2.05) is 0 Å². The van der Waals surface area contributed by atoms with Crippen molar-refractivity contribution < 1.29 is 0 Å². The van der Waals surface area contributed by atoms with Gasteiger partial charge in [0.15, 0.2) is 0 Å². The summed E-state index contributed by atoms with van der Waals surface area (Å²) in [6, 6.07) is 0. The lowest BCUT2D eigenvalue weighted by Gasteiger charge is -1.66. The van der Waals surface area contributed by atoms with Crippen molar-refractivity contribution in [2.45, 2.75) is 0 Å². The minimum absolute atomic E-state index is 0.304. The fraction of sp³-hybridized carbons (Fsp3) is 1.00. The highest BCUT2D eigenvalue weighted by atomic mass is 31.3. The van der Waals surface area contributed by atoms with Crippen molar-refractivity contribution in [1.82, 2.24) is 0 Å². The molecule has 0 fully saturated rings. The summed E-state index contributed by atoms with van der Waals surface area (Å²) in [5, 5.41) is 0. The monoisotopic (exact) mass is 110 g/mol. The van der Waals surface area contributed by atoms with E-state index in [4.69, 9.17) is 0 Å². The van der Waals surface area contributed by atoms with E-state index in [9.17, 15) is 0 Å². The van der Waals surface area contributed by atoms with Crippen molar-refractivity contribution in [3.63, 3.8) is 0 Å². The molecular weight excluding hydrogens is 102 g/mol.